The summed E-state index contributed by atoms with van der Waals surface area (Å²) >= 11 is 5.08. The van der Waals surface area contributed by atoms with Crippen LogP contribution in [0.4, 0.5) is 0 Å². The summed E-state index contributed by atoms with van der Waals surface area (Å²) in [5, 5.41) is 0. The van der Waals surface area contributed by atoms with E-state index in [1.807, 2.05) is 43.9 Å². The molecule has 2 aromatic rings. The molecule has 3 nitrogen and oxygen atoms in total. The second kappa shape index (κ2) is 27.9. The predicted octanol–water partition coefficient (Wildman–Crippen LogP) is 5.09. The predicted molar refractivity (Wildman–Crippen MR) is 106 cm³/mol. The fraction of sp³-hybridized carbons (Fsp3) is 0.167. The normalized spacial score (nSPS) is 7.76. The summed E-state index contributed by atoms with van der Waals surface area (Å²) in [6, 6.07) is 21.2. The zero-order chi connectivity index (χ0) is 19.8. The zero-order valence-corrected chi connectivity index (χ0v) is 18.9. The Morgan fingerprint density at radius 1 is 0.640 bits per heavy atom. The van der Waals surface area contributed by atoms with E-state index in [0.29, 0.717) is 0 Å². The SMILES string of the molecule is C=O.C=O.C=O.[Cl][Re].c1ccc(SCCCSc2ccccc2)cc1. The van der Waals surface area contributed by atoms with Gasteiger partial charge in [0.25, 0.3) is 0 Å². The minimum absolute atomic E-state index is 1.19. The molecule has 0 heterocycles. The summed E-state index contributed by atoms with van der Waals surface area (Å²) < 4.78 is 0. The third-order valence-electron chi connectivity index (χ3n) is 2.31. The Bertz CT molecular complexity index is 432. The van der Waals surface area contributed by atoms with Gasteiger partial charge in [-0.3, -0.25) is 0 Å². The molecule has 2 rings (SSSR count). The van der Waals surface area contributed by atoms with Crippen LogP contribution in [-0.2, 0) is 32.6 Å². The summed E-state index contributed by atoms with van der Waals surface area (Å²) in [5.41, 5.74) is 0. The Balaban J connectivity index is -0.000000533. The molecule has 0 amide bonds. The van der Waals surface area contributed by atoms with Gasteiger partial charge in [-0.25, -0.2) is 0 Å². The summed E-state index contributed by atoms with van der Waals surface area (Å²) in [5.74, 6) is 2.40. The fourth-order valence-electron chi connectivity index (χ4n) is 1.47. The molecule has 0 radical (unpaired) electrons. The molecule has 7 heteroatoms. The van der Waals surface area contributed by atoms with Crippen LogP contribution in [0.25, 0.3) is 0 Å². The van der Waals surface area contributed by atoms with E-state index in [0.717, 1.165) is 0 Å². The number of halogens is 1. The molecular weight excluding hydrogens is 550 g/mol. The van der Waals surface area contributed by atoms with Crippen LogP contribution in [0.2, 0.25) is 0 Å². The van der Waals surface area contributed by atoms with E-state index in [2.05, 4.69) is 60.7 Å². The van der Waals surface area contributed by atoms with Crippen molar-refractivity contribution in [3.05, 3.63) is 60.7 Å². The number of benzene rings is 2. The third-order valence-corrected chi connectivity index (χ3v) is 4.51. The van der Waals surface area contributed by atoms with Crippen molar-refractivity contribution in [1.29, 1.82) is 0 Å². The van der Waals surface area contributed by atoms with Crippen molar-refractivity contribution >= 4 is 53.4 Å². The largest absolute Gasteiger partial charge is 0.126 e. The Labute approximate surface area is 173 Å². The second-order valence-electron chi connectivity index (χ2n) is 3.68. The second-order valence-corrected chi connectivity index (χ2v) is 6.01. The molecule has 0 unspecified atom stereocenters. The van der Waals surface area contributed by atoms with Gasteiger partial charge in [0.1, 0.15) is 20.4 Å². The first-order valence-corrected chi connectivity index (χ1v) is 12.2. The molecule has 138 valence electrons. The Kier molecular flexibility index (Phi) is 32.3. The topological polar surface area (TPSA) is 51.2 Å². The number of hydrogen-bond donors (Lipinski definition) is 0. The summed E-state index contributed by atoms with van der Waals surface area (Å²) in [6.45, 7) is 6.00. The molecule has 25 heavy (non-hydrogen) atoms. The molecule has 2 aromatic carbocycles. The van der Waals surface area contributed by atoms with Crippen molar-refractivity contribution in [2.45, 2.75) is 16.2 Å². The Morgan fingerprint density at radius 3 is 1.20 bits per heavy atom. The molecule has 0 saturated carbocycles. The van der Waals surface area contributed by atoms with Gasteiger partial charge < -0.3 is 14.4 Å². The molecular formula is C18H22ClO3ReS2. The van der Waals surface area contributed by atoms with Crippen molar-refractivity contribution in [3.63, 3.8) is 0 Å². The first kappa shape index (κ1) is 28.9. The molecule has 0 aliphatic heterocycles. The van der Waals surface area contributed by atoms with Crippen molar-refractivity contribution in [1.82, 2.24) is 0 Å². The fourth-order valence-corrected chi connectivity index (χ4v) is 3.40. The minimum atomic E-state index is 1.19. The van der Waals surface area contributed by atoms with Gasteiger partial charge in [-0.1, -0.05) is 36.4 Å². The van der Waals surface area contributed by atoms with Gasteiger partial charge in [-0.15, -0.1) is 23.5 Å². The summed E-state index contributed by atoms with van der Waals surface area (Å²) in [4.78, 5) is 26.7. The van der Waals surface area contributed by atoms with E-state index >= 15 is 0 Å². The van der Waals surface area contributed by atoms with E-state index in [4.69, 9.17) is 23.9 Å². The Morgan fingerprint density at radius 2 is 0.920 bits per heavy atom. The van der Waals surface area contributed by atoms with Gasteiger partial charge in [0.15, 0.2) is 0 Å². The summed E-state index contributed by atoms with van der Waals surface area (Å²) in [7, 11) is 4.69. The standard InChI is InChI=1S/C15H16S2.3CH2O.ClH.Re/c1-3-8-14(9-4-1)16-12-7-13-17-15-10-5-2-6-11-15;3*1-2;;/h1-6,8-11H,7,12-13H2;3*1H2;1H;/q;;;;;+1/p-1. The Hall–Kier alpha value is -0.898. The van der Waals surface area contributed by atoms with E-state index in [9.17, 15) is 0 Å². The first-order chi connectivity index (χ1) is 12.4. The van der Waals surface area contributed by atoms with Gasteiger partial charge in [0.2, 0.25) is 0 Å². The third kappa shape index (κ3) is 19.3. The maximum absolute atomic E-state index is 8.00. The van der Waals surface area contributed by atoms with Gasteiger partial charge in [-0.2, -0.15) is 0 Å². The van der Waals surface area contributed by atoms with Gasteiger partial charge >= 0.3 is 27.7 Å². The minimum Gasteiger partial charge on any atom is -0.126 e. The van der Waals surface area contributed by atoms with Crippen LogP contribution < -0.4 is 0 Å². The van der Waals surface area contributed by atoms with Gasteiger partial charge in [0.05, 0.1) is 0 Å². The van der Waals surface area contributed by atoms with E-state index < -0.39 is 0 Å². The van der Waals surface area contributed by atoms with Crippen molar-refractivity contribution < 1.29 is 32.6 Å². The number of hydrogen-bond acceptors (Lipinski definition) is 5. The van der Waals surface area contributed by atoms with Gasteiger partial charge in [-0.05, 0) is 42.2 Å². The van der Waals surface area contributed by atoms with E-state index in [-0.39, 0.29) is 0 Å². The molecule has 0 N–H and O–H groups in total. The van der Waals surface area contributed by atoms with Gasteiger partial charge in [0, 0.05) is 9.79 Å². The number of carbonyl (C=O) groups is 3. The smallest absolute Gasteiger partial charge is 0.00719 e. The molecule has 0 spiro atoms. The number of rotatable bonds is 6. The van der Waals surface area contributed by atoms with Crippen molar-refractivity contribution in [3.8, 4) is 0 Å². The van der Waals surface area contributed by atoms with E-state index in [1.165, 1.54) is 45.9 Å². The molecule has 0 saturated heterocycles. The van der Waals surface area contributed by atoms with Crippen molar-refractivity contribution in [2.24, 2.45) is 0 Å². The molecule has 0 bridgehead atoms. The number of thioether (sulfide) groups is 2. The summed E-state index contributed by atoms with van der Waals surface area (Å²) in [6.07, 6.45) is 1.25. The van der Waals surface area contributed by atoms with Crippen LogP contribution in [0.1, 0.15) is 6.42 Å². The molecule has 0 aliphatic carbocycles. The quantitative estimate of drug-likeness (QED) is 0.357. The van der Waals surface area contributed by atoms with Crippen LogP contribution in [0.3, 0.4) is 0 Å². The van der Waals surface area contributed by atoms with Crippen LogP contribution in [0, 0.1) is 0 Å². The monoisotopic (exact) mass is 572 g/mol. The average molecular weight is 572 g/mol. The first-order valence-electron chi connectivity index (χ1n) is 6.82. The number of carbonyl (C=O) groups excluding carboxylic acids is 3. The maximum atomic E-state index is 8.00. The average Bonchev–Trinajstić information content (AvgIpc) is 2.75. The van der Waals surface area contributed by atoms with Crippen molar-refractivity contribution in [2.75, 3.05) is 11.5 Å². The van der Waals surface area contributed by atoms with Crippen LogP contribution in [0.5, 0.6) is 0 Å². The molecule has 0 atom stereocenters. The molecule has 0 fully saturated rings. The van der Waals surface area contributed by atoms with E-state index in [1.54, 1.807) is 0 Å². The maximum Gasteiger partial charge on any atom is 0.00719 e. The van der Waals surface area contributed by atoms with Crippen LogP contribution >= 0.6 is 33.1 Å². The van der Waals surface area contributed by atoms with Crippen LogP contribution in [0.15, 0.2) is 70.5 Å². The molecule has 0 aromatic heterocycles. The van der Waals surface area contributed by atoms with Crippen LogP contribution in [-0.4, -0.2) is 31.9 Å². The molecule has 0 aliphatic rings. The zero-order valence-electron chi connectivity index (χ0n) is 13.8.